The smallest absolute Gasteiger partial charge is 0.205 e. The number of rotatable bonds is 7. The van der Waals surface area contributed by atoms with Crippen molar-refractivity contribution in [3.63, 3.8) is 0 Å². The normalized spacial score (nSPS) is 13.7. The van der Waals surface area contributed by atoms with E-state index in [1.807, 2.05) is 0 Å². The number of hydrogen-bond donors (Lipinski definition) is 3. The molecule has 0 rings (SSSR count). The standard InChI is InChI=1S/C10H24N4O/c1-4-5-6-12-10(14-11)13-7-9(2)8-15-3/h9H,4-8,11H2,1-3H3,(H2,12,13,14). The summed E-state index contributed by atoms with van der Waals surface area (Å²) < 4.78 is 5.03. The fourth-order valence-electron chi connectivity index (χ4n) is 1.12. The second-order valence-corrected chi connectivity index (χ2v) is 3.67. The van der Waals surface area contributed by atoms with E-state index in [0.717, 1.165) is 26.0 Å². The molecule has 0 aromatic carbocycles. The van der Waals surface area contributed by atoms with Gasteiger partial charge in [0.05, 0.1) is 6.61 Å². The van der Waals surface area contributed by atoms with Crippen LogP contribution in [0.5, 0.6) is 0 Å². The van der Waals surface area contributed by atoms with Crippen molar-refractivity contribution in [1.29, 1.82) is 0 Å². The van der Waals surface area contributed by atoms with Gasteiger partial charge in [0.1, 0.15) is 0 Å². The summed E-state index contributed by atoms with van der Waals surface area (Å²) >= 11 is 0. The van der Waals surface area contributed by atoms with E-state index in [1.165, 1.54) is 0 Å². The fourth-order valence-corrected chi connectivity index (χ4v) is 1.12. The Morgan fingerprint density at radius 2 is 2.27 bits per heavy atom. The predicted molar refractivity (Wildman–Crippen MR) is 63.6 cm³/mol. The largest absolute Gasteiger partial charge is 0.384 e. The molecule has 5 heteroatoms. The molecule has 0 aliphatic carbocycles. The van der Waals surface area contributed by atoms with Crippen LogP contribution in [0.25, 0.3) is 0 Å². The van der Waals surface area contributed by atoms with E-state index in [2.05, 4.69) is 29.6 Å². The number of guanidine groups is 1. The summed E-state index contributed by atoms with van der Waals surface area (Å²) in [5.41, 5.74) is 2.56. The van der Waals surface area contributed by atoms with Crippen LogP contribution in [-0.4, -0.2) is 32.8 Å². The van der Waals surface area contributed by atoms with Gasteiger partial charge in [0, 0.05) is 20.2 Å². The highest BCUT2D eigenvalue weighted by molar-refractivity contribution is 5.79. The van der Waals surface area contributed by atoms with E-state index in [4.69, 9.17) is 10.6 Å². The molecule has 0 aliphatic rings. The van der Waals surface area contributed by atoms with Crippen LogP contribution < -0.4 is 16.6 Å². The molecule has 0 saturated carbocycles. The van der Waals surface area contributed by atoms with Crippen LogP contribution in [0.2, 0.25) is 0 Å². The minimum atomic E-state index is 0.409. The van der Waals surface area contributed by atoms with Crippen LogP contribution >= 0.6 is 0 Å². The monoisotopic (exact) mass is 216 g/mol. The molecule has 0 radical (unpaired) electrons. The van der Waals surface area contributed by atoms with E-state index in [1.54, 1.807) is 7.11 Å². The van der Waals surface area contributed by atoms with Crippen molar-refractivity contribution in [3.8, 4) is 0 Å². The molecule has 1 atom stereocenters. The number of nitrogens with zero attached hydrogens (tertiary/aromatic N) is 1. The zero-order valence-electron chi connectivity index (χ0n) is 10.0. The van der Waals surface area contributed by atoms with Crippen molar-refractivity contribution in [2.45, 2.75) is 26.7 Å². The van der Waals surface area contributed by atoms with Gasteiger partial charge in [-0.15, -0.1) is 0 Å². The third kappa shape index (κ3) is 8.20. The molecule has 0 aromatic heterocycles. The first-order valence-corrected chi connectivity index (χ1v) is 5.48. The number of ether oxygens (including phenoxy) is 1. The van der Waals surface area contributed by atoms with Crippen LogP contribution in [0.1, 0.15) is 26.7 Å². The quantitative estimate of drug-likeness (QED) is 0.190. The maximum Gasteiger partial charge on any atom is 0.205 e. The molecule has 90 valence electrons. The molecule has 0 aromatic rings. The Morgan fingerprint density at radius 3 is 2.80 bits per heavy atom. The third-order valence-corrected chi connectivity index (χ3v) is 1.97. The Bertz CT molecular complexity index is 173. The number of nitrogens with two attached hydrogens (primary N) is 1. The molecule has 0 aliphatic heterocycles. The van der Waals surface area contributed by atoms with E-state index < -0.39 is 0 Å². The number of hydrazine groups is 1. The van der Waals surface area contributed by atoms with Crippen LogP contribution in [0, 0.1) is 5.92 Å². The van der Waals surface area contributed by atoms with Gasteiger partial charge in [-0.1, -0.05) is 20.3 Å². The molecule has 0 amide bonds. The molecular weight excluding hydrogens is 192 g/mol. The molecule has 1 unspecified atom stereocenters. The second kappa shape index (κ2) is 9.73. The van der Waals surface area contributed by atoms with Crippen LogP contribution in [0.15, 0.2) is 4.99 Å². The average Bonchev–Trinajstić information content (AvgIpc) is 2.23. The van der Waals surface area contributed by atoms with E-state index in [9.17, 15) is 0 Å². The average molecular weight is 216 g/mol. The molecule has 0 bridgehead atoms. The molecule has 5 nitrogen and oxygen atoms in total. The third-order valence-electron chi connectivity index (χ3n) is 1.97. The first-order valence-electron chi connectivity index (χ1n) is 5.48. The Labute approximate surface area is 92.4 Å². The van der Waals surface area contributed by atoms with Gasteiger partial charge >= 0.3 is 0 Å². The van der Waals surface area contributed by atoms with Gasteiger partial charge in [0.15, 0.2) is 0 Å². The van der Waals surface area contributed by atoms with Crippen LogP contribution in [0.4, 0.5) is 0 Å². The number of aliphatic imine (C=N–C) groups is 1. The van der Waals surface area contributed by atoms with Crippen LogP contribution in [0.3, 0.4) is 0 Å². The zero-order chi connectivity index (χ0) is 11.5. The maximum absolute atomic E-state index is 5.34. The molecule has 4 N–H and O–H groups in total. The predicted octanol–water partition coefficient (Wildman–Crippen LogP) is 0.478. The van der Waals surface area contributed by atoms with Gasteiger partial charge in [-0.05, 0) is 12.3 Å². The topological polar surface area (TPSA) is 71.7 Å². The molecule has 0 saturated heterocycles. The molecule has 0 heterocycles. The summed E-state index contributed by atoms with van der Waals surface area (Å²) in [6.07, 6.45) is 2.28. The van der Waals surface area contributed by atoms with Gasteiger partial charge in [-0.25, -0.2) is 5.84 Å². The van der Waals surface area contributed by atoms with Crippen molar-refractivity contribution in [3.05, 3.63) is 0 Å². The lowest BCUT2D eigenvalue weighted by atomic mass is 10.2. The van der Waals surface area contributed by atoms with Gasteiger partial charge in [-0.3, -0.25) is 10.4 Å². The Hall–Kier alpha value is -0.810. The Morgan fingerprint density at radius 1 is 1.53 bits per heavy atom. The van der Waals surface area contributed by atoms with Gasteiger partial charge in [0.2, 0.25) is 5.96 Å². The lowest BCUT2D eigenvalue weighted by Crippen LogP contribution is -2.42. The summed E-state index contributed by atoms with van der Waals surface area (Å²) in [6, 6.07) is 0. The summed E-state index contributed by atoms with van der Waals surface area (Å²) in [5, 5.41) is 3.14. The highest BCUT2D eigenvalue weighted by atomic mass is 16.5. The molecular formula is C10H24N4O. The summed E-state index contributed by atoms with van der Waals surface area (Å²) in [5.74, 6) is 6.41. The number of methoxy groups -OCH3 is 1. The number of nitrogens with one attached hydrogen (secondary N) is 2. The molecule has 15 heavy (non-hydrogen) atoms. The maximum atomic E-state index is 5.34. The van der Waals surface area contributed by atoms with E-state index in [-0.39, 0.29) is 0 Å². The van der Waals surface area contributed by atoms with Gasteiger partial charge in [0.25, 0.3) is 0 Å². The summed E-state index contributed by atoms with van der Waals surface area (Å²) in [4.78, 5) is 4.32. The second-order valence-electron chi connectivity index (χ2n) is 3.67. The van der Waals surface area contributed by atoms with Gasteiger partial charge < -0.3 is 10.1 Å². The van der Waals surface area contributed by atoms with Gasteiger partial charge in [-0.2, -0.15) is 0 Å². The van der Waals surface area contributed by atoms with Crippen molar-refractivity contribution in [2.24, 2.45) is 16.8 Å². The van der Waals surface area contributed by atoms with Crippen molar-refractivity contribution >= 4 is 5.96 Å². The highest BCUT2D eigenvalue weighted by Gasteiger charge is 2.00. The highest BCUT2D eigenvalue weighted by Crippen LogP contribution is 1.95. The first-order chi connectivity index (χ1) is 7.24. The molecule has 0 fully saturated rings. The van der Waals surface area contributed by atoms with E-state index >= 15 is 0 Å². The van der Waals surface area contributed by atoms with Crippen LogP contribution in [-0.2, 0) is 4.74 Å². The first kappa shape index (κ1) is 14.2. The summed E-state index contributed by atoms with van der Waals surface area (Å²) in [7, 11) is 1.70. The van der Waals surface area contributed by atoms with Crippen molar-refractivity contribution in [2.75, 3.05) is 26.8 Å². The number of hydrogen-bond acceptors (Lipinski definition) is 3. The Balaban J connectivity index is 3.77. The van der Waals surface area contributed by atoms with Crippen molar-refractivity contribution < 1.29 is 4.74 Å². The van der Waals surface area contributed by atoms with E-state index in [0.29, 0.717) is 18.4 Å². The zero-order valence-corrected chi connectivity index (χ0v) is 10.0. The SMILES string of the molecule is CCCCNC(=NCC(C)COC)NN. The lowest BCUT2D eigenvalue weighted by Gasteiger charge is -2.11. The molecule has 0 spiro atoms. The summed E-state index contributed by atoms with van der Waals surface area (Å²) in [6.45, 7) is 6.57. The Kier molecular flexibility index (Phi) is 9.21. The minimum Gasteiger partial charge on any atom is -0.384 e. The fraction of sp³-hybridized carbons (Fsp3) is 0.900. The minimum absolute atomic E-state index is 0.409. The van der Waals surface area contributed by atoms with Crippen molar-refractivity contribution in [1.82, 2.24) is 10.7 Å². The lowest BCUT2D eigenvalue weighted by molar-refractivity contribution is 0.163. The number of unbranched alkanes of at least 4 members (excludes halogenated alkanes) is 1.